The van der Waals surface area contributed by atoms with Gasteiger partial charge in [-0.15, -0.1) is 0 Å². The second-order valence-electron chi connectivity index (χ2n) is 7.09. The highest BCUT2D eigenvalue weighted by Gasteiger charge is 2.23. The molecule has 5 nitrogen and oxygen atoms in total. The van der Waals surface area contributed by atoms with Crippen molar-refractivity contribution in [1.29, 1.82) is 0 Å². The van der Waals surface area contributed by atoms with Gasteiger partial charge in [0.05, 0.1) is 0 Å². The fourth-order valence-corrected chi connectivity index (χ4v) is 4.90. The number of likely N-dealkylation sites (N-methyl/N-ethyl adjacent to an activating group) is 1. The molecule has 0 bridgehead atoms. The van der Waals surface area contributed by atoms with Gasteiger partial charge in [-0.25, -0.2) is 12.8 Å². The molecular formula is C20H22FN3O2S. The number of benzene rings is 2. The lowest BCUT2D eigenvalue weighted by Crippen LogP contribution is -2.26. The average molecular weight is 387 g/mol. The average Bonchev–Trinajstić information content (AvgIpc) is 3.22. The summed E-state index contributed by atoms with van der Waals surface area (Å²) in [6, 6.07) is 11.2. The van der Waals surface area contributed by atoms with Gasteiger partial charge in [0, 0.05) is 28.8 Å². The molecule has 1 fully saturated rings. The van der Waals surface area contributed by atoms with Gasteiger partial charge in [0.1, 0.15) is 10.7 Å². The summed E-state index contributed by atoms with van der Waals surface area (Å²) in [7, 11) is -1.84. The smallest absolute Gasteiger partial charge is 0.264 e. The fourth-order valence-electron chi connectivity index (χ4n) is 3.77. The van der Waals surface area contributed by atoms with Gasteiger partial charge in [-0.3, -0.25) is 4.72 Å². The van der Waals surface area contributed by atoms with Crippen LogP contribution in [0.15, 0.2) is 53.6 Å². The SMILES string of the molecule is CN1CCC[C@@H]1Cc1c[nH]c2ccc(NS(=O)(=O)c3ccccc3F)cc12. The molecule has 27 heavy (non-hydrogen) atoms. The lowest BCUT2D eigenvalue weighted by atomic mass is 10.0. The Morgan fingerprint density at radius 3 is 2.81 bits per heavy atom. The zero-order chi connectivity index (χ0) is 19.0. The van der Waals surface area contributed by atoms with Crippen molar-refractivity contribution >= 4 is 26.6 Å². The van der Waals surface area contributed by atoms with Crippen LogP contribution in [-0.2, 0) is 16.4 Å². The lowest BCUT2D eigenvalue weighted by Gasteiger charge is -2.18. The third-order valence-electron chi connectivity index (χ3n) is 5.27. The number of halogens is 1. The zero-order valence-electron chi connectivity index (χ0n) is 15.1. The molecule has 2 N–H and O–H groups in total. The van der Waals surface area contributed by atoms with Crippen molar-refractivity contribution in [2.24, 2.45) is 0 Å². The Morgan fingerprint density at radius 2 is 2.07 bits per heavy atom. The summed E-state index contributed by atoms with van der Waals surface area (Å²) in [5, 5.41) is 0.990. The lowest BCUT2D eigenvalue weighted by molar-refractivity contribution is 0.310. The van der Waals surface area contributed by atoms with Crippen LogP contribution in [0, 0.1) is 5.82 Å². The first-order valence-electron chi connectivity index (χ1n) is 9.01. The number of fused-ring (bicyclic) bond motifs is 1. The Bertz CT molecular complexity index is 1080. The number of H-pyrrole nitrogens is 1. The van der Waals surface area contributed by atoms with E-state index in [1.165, 1.54) is 31.0 Å². The molecule has 1 aliphatic rings. The minimum atomic E-state index is -3.98. The summed E-state index contributed by atoms with van der Waals surface area (Å²) in [4.78, 5) is 5.26. The van der Waals surface area contributed by atoms with E-state index in [-0.39, 0.29) is 4.90 Å². The van der Waals surface area contributed by atoms with E-state index in [0.29, 0.717) is 11.7 Å². The maximum absolute atomic E-state index is 13.9. The van der Waals surface area contributed by atoms with Crippen LogP contribution in [0.2, 0.25) is 0 Å². The number of hydrogen-bond donors (Lipinski definition) is 2. The number of hydrogen-bond acceptors (Lipinski definition) is 3. The summed E-state index contributed by atoms with van der Waals surface area (Å²) in [6.07, 6.45) is 5.28. The third-order valence-corrected chi connectivity index (χ3v) is 6.69. The molecule has 0 radical (unpaired) electrons. The molecule has 0 unspecified atom stereocenters. The predicted molar refractivity (Wildman–Crippen MR) is 105 cm³/mol. The van der Waals surface area contributed by atoms with Gasteiger partial charge in [-0.05, 0) is 68.8 Å². The van der Waals surface area contributed by atoms with E-state index < -0.39 is 15.8 Å². The number of likely N-dealkylation sites (tertiary alicyclic amines) is 1. The summed E-state index contributed by atoms with van der Waals surface area (Å²) >= 11 is 0. The molecule has 142 valence electrons. The van der Waals surface area contributed by atoms with E-state index in [9.17, 15) is 12.8 Å². The van der Waals surface area contributed by atoms with Gasteiger partial charge >= 0.3 is 0 Å². The molecule has 0 aliphatic carbocycles. The van der Waals surface area contributed by atoms with Gasteiger partial charge < -0.3 is 9.88 Å². The van der Waals surface area contributed by atoms with Gasteiger partial charge in [-0.1, -0.05) is 12.1 Å². The Labute approximate surface area is 158 Å². The van der Waals surface area contributed by atoms with Crippen molar-refractivity contribution in [2.75, 3.05) is 18.3 Å². The molecule has 3 aromatic rings. The van der Waals surface area contributed by atoms with Crippen LogP contribution in [0.4, 0.5) is 10.1 Å². The molecule has 2 aromatic carbocycles. The van der Waals surface area contributed by atoms with Crippen LogP contribution in [0.25, 0.3) is 10.9 Å². The van der Waals surface area contributed by atoms with Gasteiger partial charge in [0.2, 0.25) is 0 Å². The Balaban J connectivity index is 1.63. The molecule has 7 heteroatoms. The monoisotopic (exact) mass is 387 g/mol. The summed E-state index contributed by atoms with van der Waals surface area (Å²) in [6.45, 7) is 1.11. The molecule has 1 saturated heterocycles. The molecule has 4 rings (SSSR count). The van der Waals surface area contributed by atoms with E-state index >= 15 is 0 Å². The van der Waals surface area contributed by atoms with Crippen LogP contribution >= 0.6 is 0 Å². The molecule has 1 atom stereocenters. The predicted octanol–water partition coefficient (Wildman–Crippen LogP) is 3.74. The maximum Gasteiger partial charge on any atom is 0.264 e. The van der Waals surface area contributed by atoms with Gasteiger partial charge in [0.25, 0.3) is 10.0 Å². The van der Waals surface area contributed by atoms with E-state index in [2.05, 4.69) is 21.7 Å². The minimum absolute atomic E-state index is 0.355. The maximum atomic E-state index is 13.9. The summed E-state index contributed by atoms with van der Waals surface area (Å²) in [5.41, 5.74) is 2.54. The first kappa shape index (κ1) is 18.0. The van der Waals surface area contributed by atoms with Crippen molar-refractivity contribution in [3.05, 3.63) is 60.0 Å². The molecule has 0 spiro atoms. The normalized spacial score (nSPS) is 18.2. The second kappa shape index (κ2) is 6.98. The summed E-state index contributed by atoms with van der Waals surface area (Å²) < 4.78 is 41.5. The number of anilines is 1. The molecule has 1 aliphatic heterocycles. The van der Waals surface area contributed by atoms with Crippen molar-refractivity contribution in [1.82, 2.24) is 9.88 Å². The Kier molecular flexibility index (Phi) is 4.65. The first-order valence-corrected chi connectivity index (χ1v) is 10.5. The van der Waals surface area contributed by atoms with Crippen molar-refractivity contribution in [2.45, 2.75) is 30.2 Å². The number of sulfonamides is 1. The van der Waals surface area contributed by atoms with Crippen molar-refractivity contribution < 1.29 is 12.8 Å². The quantitative estimate of drug-likeness (QED) is 0.701. The van der Waals surface area contributed by atoms with Crippen LogP contribution < -0.4 is 4.72 Å². The number of nitrogens with one attached hydrogen (secondary N) is 2. The minimum Gasteiger partial charge on any atom is -0.361 e. The van der Waals surface area contributed by atoms with Crippen LogP contribution in [0.5, 0.6) is 0 Å². The largest absolute Gasteiger partial charge is 0.361 e. The van der Waals surface area contributed by atoms with E-state index in [4.69, 9.17) is 0 Å². The molecule has 2 heterocycles. The Hall–Kier alpha value is -2.38. The molecular weight excluding hydrogens is 365 g/mol. The molecule has 0 saturated carbocycles. The standard InChI is InChI=1S/C20H22FN3O2S/c1-24-10-4-5-16(24)11-14-13-22-19-9-8-15(12-17(14)19)23-27(25,26)20-7-3-2-6-18(20)21/h2-3,6-9,12-13,16,22-23H,4-5,10-11H2,1H3/t16-/m1/s1. The van der Waals surface area contributed by atoms with E-state index in [0.717, 1.165) is 35.5 Å². The highest BCUT2D eigenvalue weighted by Crippen LogP contribution is 2.28. The van der Waals surface area contributed by atoms with Crippen LogP contribution in [-0.4, -0.2) is 37.9 Å². The van der Waals surface area contributed by atoms with Crippen molar-refractivity contribution in [3.8, 4) is 0 Å². The number of aromatic amines is 1. The summed E-state index contributed by atoms with van der Waals surface area (Å²) in [5.74, 6) is -0.766. The topological polar surface area (TPSA) is 65.2 Å². The first-order chi connectivity index (χ1) is 12.9. The van der Waals surface area contributed by atoms with E-state index in [1.54, 1.807) is 6.07 Å². The number of nitrogens with zero attached hydrogens (tertiary/aromatic N) is 1. The molecule has 0 amide bonds. The zero-order valence-corrected chi connectivity index (χ0v) is 15.9. The third kappa shape index (κ3) is 3.57. The number of rotatable bonds is 5. The van der Waals surface area contributed by atoms with E-state index in [1.807, 2.05) is 18.3 Å². The van der Waals surface area contributed by atoms with Crippen LogP contribution in [0.1, 0.15) is 18.4 Å². The molecule has 1 aromatic heterocycles. The van der Waals surface area contributed by atoms with Crippen molar-refractivity contribution in [3.63, 3.8) is 0 Å². The number of aromatic nitrogens is 1. The van der Waals surface area contributed by atoms with Crippen LogP contribution in [0.3, 0.4) is 0 Å². The Morgan fingerprint density at radius 1 is 1.26 bits per heavy atom. The van der Waals surface area contributed by atoms with Gasteiger partial charge in [-0.2, -0.15) is 0 Å². The highest BCUT2D eigenvalue weighted by atomic mass is 32.2. The second-order valence-corrected chi connectivity index (χ2v) is 8.74. The fraction of sp³-hybridized carbons (Fsp3) is 0.300. The van der Waals surface area contributed by atoms with Gasteiger partial charge in [0.15, 0.2) is 0 Å². The highest BCUT2D eigenvalue weighted by molar-refractivity contribution is 7.92.